The zero-order valence-corrected chi connectivity index (χ0v) is 14.8. The van der Waals surface area contributed by atoms with Gasteiger partial charge in [0.15, 0.2) is 5.78 Å². The molecule has 0 N–H and O–H groups in total. The Hall–Kier alpha value is -1.92. The molecule has 2 aromatic rings. The van der Waals surface area contributed by atoms with Crippen molar-refractivity contribution in [3.05, 3.63) is 57.8 Å². The van der Waals surface area contributed by atoms with Crippen molar-refractivity contribution < 1.29 is 18.7 Å². The van der Waals surface area contributed by atoms with Crippen molar-refractivity contribution in [2.45, 2.75) is 0 Å². The van der Waals surface area contributed by atoms with Crippen LogP contribution in [0, 0.1) is 5.82 Å². The number of benzene rings is 2. The molecule has 1 saturated heterocycles. The van der Waals surface area contributed by atoms with Gasteiger partial charge in [0.2, 0.25) is 0 Å². The van der Waals surface area contributed by atoms with Gasteiger partial charge in [0.25, 0.3) is 0 Å². The van der Waals surface area contributed by atoms with E-state index < -0.39 is 5.82 Å². The summed E-state index contributed by atoms with van der Waals surface area (Å²) in [5.41, 5.74) is 1.30. The molecule has 0 unspecified atom stereocenters. The van der Waals surface area contributed by atoms with Crippen LogP contribution in [0.4, 0.5) is 10.1 Å². The quantitative estimate of drug-likeness (QED) is 0.742. The first-order chi connectivity index (χ1) is 11.6. The van der Waals surface area contributed by atoms with E-state index in [2.05, 4.69) is 15.9 Å². The Morgan fingerprint density at radius 2 is 1.83 bits per heavy atom. The fourth-order valence-corrected chi connectivity index (χ4v) is 3.22. The van der Waals surface area contributed by atoms with E-state index in [-0.39, 0.29) is 5.78 Å². The van der Waals surface area contributed by atoms with Crippen molar-refractivity contribution in [3.63, 3.8) is 0 Å². The molecule has 24 heavy (non-hydrogen) atoms. The van der Waals surface area contributed by atoms with Gasteiger partial charge in [-0.15, -0.1) is 0 Å². The van der Waals surface area contributed by atoms with Gasteiger partial charge in [-0.05, 0) is 52.3 Å². The van der Waals surface area contributed by atoms with Crippen LogP contribution in [0.1, 0.15) is 15.9 Å². The molecule has 1 heterocycles. The Morgan fingerprint density at radius 1 is 1.17 bits per heavy atom. The van der Waals surface area contributed by atoms with Crippen LogP contribution in [-0.2, 0) is 4.74 Å². The van der Waals surface area contributed by atoms with Gasteiger partial charge in [0.1, 0.15) is 11.6 Å². The summed E-state index contributed by atoms with van der Waals surface area (Å²) in [6.07, 6.45) is 0. The lowest BCUT2D eigenvalue weighted by atomic mass is 10.0. The van der Waals surface area contributed by atoms with Crippen molar-refractivity contribution >= 4 is 27.4 Å². The number of anilines is 1. The SMILES string of the molecule is COc1ccc(C(=O)c2ccc(N3CCOCC3)c(F)c2)cc1Br. The predicted molar refractivity (Wildman–Crippen MR) is 93.6 cm³/mol. The second kappa shape index (κ2) is 7.32. The molecule has 0 saturated carbocycles. The molecule has 4 nitrogen and oxygen atoms in total. The molecule has 0 aliphatic carbocycles. The number of halogens is 2. The number of morpholine rings is 1. The Kier molecular flexibility index (Phi) is 5.16. The summed E-state index contributed by atoms with van der Waals surface area (Å²) < 4.78 is 25.6. The van der Waals surface area contributed by atoms with Gasteiger partial charge in [-0.1, -0.05) is 0 Å². The molecule has 0 radical (unpaired) electrons. The van der Waals surface area contributed by atoms with E-state index in [0.717, 1.165) is 0 Å². The summed E-state index contributed by atoms with van der Waals surface area (Å²) in [5, 5.41) is 0. The van der Waals surface area contributed by atoms with Crippen LogP contribution < -0.4 is 9.64 Å². The van der Waals surface area contributed by atoms with E-state index in [1.165, 1.54) is 6.07 Å². The number of ether oxygens (including phenoxy) is 2. The molecule has 1 aliphatic rings. The van der Waals surface area contributed by atoms with E-state index in [0.29, 0.717) is 53.3 Å². The van der Waals surface area contributed by atoms with Crippen LogP contribution in [0.3, 0.4) is 0 Å². The number of carbonyl (C=O) groups excluding carboxylic acids is 1. The van der Waals surface area contributed by atoms with Gasteiger partial charge >= 0.3 is 0 Å². The summed E-state index contributed by atoms with van der Waals surface area (Å²) in [6.45, 7) is 2.46. The number of methoxy groups -OCH3 is 1. The van der Waals surface area contributed by atoms with Crippen LogP contribution in [0.2, 0.25) is 0 Å². The maximum absolute atomic E-state index is 14.4. The zero-order chi connectivity index (χ0) is 17.1. The minimum Gasteiger partial charge on any atom is -0.496 e. The summed E-state index contributed by atoms with van der Waals surface area (Å²) in [5.74, 6) is 0.0153. The molecular formula is C18H17BrFNO3. The lowest BCUT2D eigenvalue weighted by Crippen LogP contribution is -2.36. The highest BCUT2D eigenvalue weighted by Gasteiger charge is 2.18. The number of hydrogen-bond donors (Lipinski definition) is 0. The third-order valence-electron chi connectivity index (χ3n) is 3.98. The molecule has 0 aromatic heterocycles. The van der Waals surface area contributed by atoms with Crippen LogP contribution in [0.15, 0.2) is 40.9 Å². The topological polar surface area (TPSA) is 38.8 Å². The van der Waals surface area contributed by atoms with Crippen molar-refractivity contribution in [2.75, 3.05) is 38.3 Å². The fourth-order valence-electron chi connectivity index (χ4n) is 2.68. The summed E-state index contributed by atoms with van der Waals surface area (Å²) in [4.78, 5) is 14.5. The average Bonchev–Trinajstić information content (AvgIpc) is 2.61. The Morgan fingerprint density at radius 3 is 2.46 bits per heavy atom. The molecule has 0 spiro atoms. The van der Waals surface area contributed by atoms with Crippen molar-refractivity contribution in [1.29, 1.82) is 0 Å². The lowest BCUT2D eigenvalue weighted by Gasteiger charge is -2.29. The van der Waals surface area contributed by atoms with Gasteiger partial charge in [0, 0.05) is 24.2 Å². The Balaban J connectivity index is 1.85. The molecule has 3 rings (SSSR count). The van der Waals surface area contributed by atoms with Crippen LogP contribution >= 0.6 is 15.9 Å². The molecule has 0 amide bonds. The zero-order valence-electron chi connectivity index (χ0n) is 13.2. The number of carbonyl (C=O) groups is 1. The first-order valence-electron chi connectivity index (χ1n) is 7.60. The molecule has 1 fully saturated rings. The van der Waals surface area contributed by atoms with Crippen molar-refractivity contribution in [3.8, 4) is 5.75 Å². The summed E-state index contributed by atoms with van der Waals surface area (Å²) >= 11 is 3.36. The number of rotatable bonds is 4. The average molecular weight is 394 g/mol. The van der Waals surface area contributed by atoms with Crippen molar-refractivity contribution in [2.24, 2.45) is 0 Å². The third-order valence-corrected chi connectivity index (χ3v) is 4.60. The second-order valence-corrected chi connectivity index (χ2v) is 6.30. The number of ketones is 1. The molecule has 0 bridgehead atoms. The maximum atomic E-state index is 14.4. The molecule has 0 atom stereocenters. The highest BCUT2D eigenvalue weighted by Crippen LogP contribution is 2.28. The van der Waals surface area contributed by atoms with E-state index in [1.807, 2.05) is 4.90 Å². The lowest BCUT2D eigenvalue weighted by molar-refractivity contribution is 0.103. The van der Waals surface area contributed by atoms with Crippen LogP contribution in [0.5, 0.6) is 5.75 Å². The Bertz CT molecular complexity index is 760. The van der Waals surface area contributed by atoms with Gasteiger partial charge < -0.3 is 14.4 Å². The maximum Gasteiger partial charge on any atom is 0.193 e. The normalized spacial score (nSPS) is 14.5. The smallest absolute Gasteiger partial charge is 0.193 e. The molecule has 2 aromatic carbocycles. The second-order valence-electron chi connectivity index (χ2n) is 5.44. The molecular weight excluding hydrogens is 377 g/mol. The molecule has 6 heteroatoms. The van der Waals surface area contributed by atoms with Crippen LogP contribution in [-0.4, -0.2) is 39.2 Å². The summed E-state index contributed by atoms with van der Waals surface area (Å²) in [7, 11) is 1.56. The third kappa shape index (κ3) is 3.44. The van der Waals surface area contributed by atoms with Crippen molar-refractivity contribution in [1.82, 2.24) is 0 Å². The summed E-state index contributed by atoms with van der Waals surface area (Å²) in [6, 6.07) is 9.66. The standard InChI is InChI=1S/C18H17BrFNO3/c1-23-17-5-3-12(10-14(17)19)18(22)13-2-4-16(15(20)11-13)21-6-8-24-9-7-21/h2-5,10-11H,6-9H2,1H3. The minimum atomic E-state index is -0.393. The van der Waals surface area contributed by atoms with Gasteiger partial charge in [-0.2, -0.15) is 0 Å². The van der Waals surface area contributed by atoms with E-state index in [4.69, 9.17) is 9.47 Å². The molecule has 1 aliphatic heterocycles. The monoisotopic (exact) mass is 393 g/mol. The number of nitrogens with zero attached hydrogens (tertiary/aromatic N) is 1. The van der Waals surface area contributed by atoms with E-state index in [9.17, 15) is 9.18 Å². The van der Waals surface area contributed by atoms with E-state index in [1.54, 1.807) is 37.4 Å². The predicted octanol–water partition coefficient (Wildman–Crippen LogP) is 3.66. The Labute approximate surface area is 148 Å². The highest BCUT2D eigenvalue weighted by molar-refractivity contribution is 9.10. The van der Waals surface area contributed by atoms with Gasteiger partial charge in [-0.3, -0.25) is 4.79 Å². The molecule has 126 valence electrons. The fraction of sp³-hybridized carbons (Fsp3) is 0.278. The minimum absolute atomic E-state index is 0.231. The largest absolute Gasteiger partial charge is 0.496 e. The number of hydrogen-bond acceptors (Lipinski definition) is 4. The highest BCUT2D eigenvalue weighted by atomic mass is 79.9. The first kappa shape index (κ1) is 16.9. The van der Waals surface area contributed by atoms with Gasteiger partial charge in [0.05, 0.1) is 30.5 Å². The van der Waals surface area contributed by atoms with Gasteiger partial charge in [-0.25, -0.2) is 4.39 Å². The van der Waals surface area contributed by atoms with E-state index >= 15 is 0 Å². The van der Waals surface area contributed by atoms with Crippen LogP contribution in [0.25, 0.3) is 0 Å². The first-order valence-corrected chi connectivity index (χ1v) is 8.40.